The summed E-state index contributed by atoms with van der Waals surface area (Å²) >= 11 is 0. The van der Waals surface area contributed by atoms with Gasteiger partial charge in [0, 0.05) is 18.4 Å². The fourth-order valence-electron chi connectivity index (χ4n) is 4.64. The molecule has 3 rings (SSSR count). The minimum absolute atomic E-state index is 0.0274. The van der Waals surface area contributed by atoms with E-state index in [0.29, 0.717) is 18.0 Å². The minimum Gasteiger partial charge on any atom is -0.441 e. The minimum atomic E-state index is -4.56. The van der Waals surface area contributed by atoms with E-state index in [9.17, 15) is 26.7 Å². The van der Waals surface area contributed by atoms with Gasteiger partial charge in [0.05, 0.1) is 6.04 Å². The summed E-state index contributed by atoms with van der Waals surface area (Å²) in [5.41, 5.74) is 3.83. The number of alkyl halides is 5. The van der Waals surface area contributed by atoms with Crippen molar-refractivity contribution in [3.05, 3.63) is 42.2 Å². The third kappa shape index (κ3) is 7.72. The number of hydrogen-bond acceptors (Lipinski definition) is 5. The fraction of sp³-hybridized carbons (Fsp3) is 0.565. The van der Waals surface area contributed by atoms with Crippen molar-refractivity contribution in [2.45, 2.75) is 76.4 Å². The van der Waals surface area contributed by atoms with Crippen molar-refractivity contribution in [2.24, 2.45) is 11.7 Å². The number of nitrogens with zero attached hydrogens (tertiary/aromatic N) is 2. The predicted molar refractivity (Wildman–Crippen MR) is 118 cm³/mol. The smallest absolute Gasteiger partial charge is 0.435 e. The number of halogens is 5. The monoisotopic (exact) mass is 504 g/mol. The van der Waals surface area contributed by atoms with Gasteiger partial charge in [-0.15, -0.1) is 0 Å². The molecule has 194 valence electrons. The van der Waals surface area contributed by atoms with Crippen LogP contribution in [0.2, 0.25) is 0 Å². The number of amides is 1. The van der Waals surface area contributed by atoms with E-state index in [2.05, 4.69) is 15.2 Å². The molecule has 1 aliphatic rings. The van der Waals surface area contributed by atoms with Crippen LogP contribution in [-0.2, 0) is 17.5 Å². The molecule has 7 nitrogen and oxygen atoms in total. The third-order valence-electron chi connectivity index (χ3n) is 6.24. The van der Waals surface area contributed by atoms with E-state index in [4.69, 9.17) is 10.5 Å². The van der Waals surface area contributed by atoms with Gasteiger partial charge in [0.1, 0.15) is 11.4 Å². The van der Waals surface area contributed by atoms with Crippen LogP contribution in [0.4, 0.5) is 32.4 Å². The van der Waals surface area contributed by atoms with Gasteiger partial charge in [0.2, 0.25) is 0 Å². The highest BCUT2D eigenvalue weighted by atomic mass is 19.4. The van der Waals surface area contributed by atoms with E-state index < -0.39 is 36.2 Å². The number of rotatable bonds is 11. The highest BCUT2D eigenvalue weighted by Gasteiger charge is 2.41. The average molecular weight is 505 g/mol. The molecular formula is C23H29F5N4O3. The highest BCUT2D eigenvalue weighted by molar-refractivity contribution is 5.65. The maximum atomic E-state index is 12.9. The molecule has 1 fully saturated rings. The largest absolute Gasteiger partial charge is 0.441 e. The molecule has 0 spiro atoms. The molecule has 3 N–H and O–H groups in total. The lowest BCUT2D eigenvalue weighted by molar-refractivity contribution is -0.141. The number of aromatic nitrogens is 2. The number of ether oxygens (including phenoxy) is 2. The van der Waals surface area contributed by atoms with Crippen molar-refractivity contribution < 1.29 is 36.2 Å². The van der Waals surface area contributed by atoms with Crippen molar-refractivity contribution in [3.8, 4) is 5.75 Å². The zero-order valence-corrected chi connectivity index (χ0v) is 19.2. The van der Waals surface area contributed by atoms with Crippen molar-refractivity contribution in [2.75, 3.05) is 5.32 Å². The topological polar surface area (TPSA) is 91.4 Å². The summed E-state index contributed by atoms with van der Waals surface area (Å²) in [6.45, 7) is -1.12. The Hall–Kier alpha value is -3.05. The second kappa shape index (κ2) is 11.1. The summed E-state index contributed by atoms with van der Waals surface area (Å²) in [7, 11) is 0. The molecule has 2 aromatic rings. The van der Waals surface area contributed by atoms with Gasteiger partial charge in [0.15, 0.2) is 5.69 Å². The maximum Gasteiger partial charge on any atom is 0.435 e. The number of hydrogen-bond donors (Lipinski definition) is 2. The first-order valence-corrected chi connectivity index (χ1v) is 11.3. The number of nitrogens with one attached hydrogen (secondary N) is 1. The fourth-order valence-corrected chi connectivity index (χ4v) is 4.64. The Morgan fingerprint density at radius 3 is 2.40 bits per heavy atom. The quantitative estimate of drug-likeness (QED) is 0.377. The molecule has 1 aromatic heterocycles. The summed E-state index contributed by atoms with van der Waals surface area (Å²) in [5, 5.41) is 6.84. The summed E-state index contributed by atoms with van der Waals surface area (Å²) in [4.78, 5) is 11.8. The van der Waals surface area contributed by atoms with Gasteiger partial charge in [-0.2, -0.15) is 27.1 Å². The highest BCUT2D eigenvalue weighted by Crippen LogP contribution is 2.37. The van der Waals surface area contributed by atoms with Crippen LogP contribution in [0.1, 0.15) is 51.1 Å². The number of aryl methyl sites for hydroxylation is 1. The number of primary amides is 1. The first-order chi connectivity index (χ1) is 16.4. The van der Waals surface area contributed by atoms with Gasteiger partial charge in [0.25, 0.3) is 0 Å². The number of carbonyl (C=O) groups is 1. The summed E-state index contributed by atoms with van der Waals surface area (Å²) in [6.07, 6.45) is 0.532. The molecule has 2 atom stereocenters. The number of anilines is 1. The average Bonchev–Trinajstić information content (AvgIpc) is 3.43. The Labute approximate surface area is 199 Å². The van der Waals surface area contributed by atoms with Gasteiger partial charge in [-0.3, -0.25) is 4.68 Å². The van der Waals surface area contributed by atoms with E-state index in [1.54, 1.807) is 6.92 Å². The van der Waals surface area contributed by atoms with Crippen LogP contribution < -0.4 is 15.8 Å². The van der Waals surface area contributed by atoms with E-state index in [0.717, 1.165) is 31.7 Å². The van der Waals surface area contributed by atoms with E-state index in [-0.39, 0.29) is 18.7 Å². The van der Waals surface area contributed by atoms with E-state index in [1.807, 2.05) is 0 Å². The maximum absolute atomic E-state index is 12.9. The van der Waals surface area contributed by atoms with Gasteiger partial charge in [-0.05, 0) is 56.0 Å². The molecule has 1 aliphatic carbocycles. The molecule has 0 radical (unpaired) electrons. The molecule has 35 heavy (non-hydrogen) atoms. The Bertz CT molecular complexity index is 961. The molecular weight excluding hydrogens is 475 g/mol. The van der Waals surface area contributed by atoms with Gasteiger partial charge >= 0.3 is 18.9 Å². The first-order valence-electron chi connectivity index (χ1n) is 11.3. The Morgan fingerprint density at radius 2 is 1.86 bits per heavy atom. The Balaban J connectivity index is 1.83. The van der Waals surface area contributed by atoms with Gasteiger partial charge < -0.3 is 20.5 Å². The van der Waals surface area contributed by atoms with E-state index >= 15 is 0 Å². The molecule has 1 saturated carbocycles. The number of nitrogens with two attached hydrogens (primary N) is 1. The molecule has 0 aliphatic heterocycles. The van der Waals surface area contributed by atoms with Crippen LogP contribution >= 0.6 is 0 Å². The zero-order valence-electron chi connectivity index (χ0n) is 19.2. The molecule has 12 heteroatoms. The first kappa shape index (κ1) is 26.6. The molecule has 1 unspecified atom stereocenters. The summed E-state index contributed by atoms with van der Waals surface area (Å²) in [5.74, 6) is 0.271. The zero-order chi connectivity index (χ0) is 25.6. The van der Waals surface area contributed by atoms with Gasteiger partial charge in [-0.1, -0.05) is 25.7 Å². The van der Waals surface area contributed by atoms with E-state index in [1.165, 1.54) is 35.1 Å². The summed E-state index contributed by atoms with van der Waals surface area (Å²) in [6, 6.07) is 6.09. The van der Waals surface area contributed by atoms with Crippen molar-refractivity contribution in [1.82, 2.24) is 9.78 Å². The second-order valence-corrected chi connectivity index (χ2v) is 8.94. The molecule has 0 bridgehead atoms. The molecule has 1 amide bonds. The lowest BCUT2D eigenvalue weighted by atomic mass is 9.83. The van der Waals surface area contributed by atoms with Crippen molar-refractivity contribution >= 4 is 11.8 Å². The Morgan fingerprint density at radius 1 is 1.20 bits per heavy atom. The standard InChI is InChI=1S/C23H29F5N4O3/c1-22(35-21(29)33,14-15-4-2-3-5-15)18(10-12-32-13-11-19(31-32)23(26,27)28)30-16-6-8-17(9-7-16)34-20(24)25/h6-9,11,13,15,18,20,30H,2-5,10,12,14H2,1H3,(H2,29,33)/t18?,22-/m0/s1. The van der Waals surface area contributed by atoms with Crippen LogP contribution in [0, 0.1) is 5.92 Å². The predicted octanol–water partition coefficient (Wildman–Crippen LogP) is 5.81. The lowest BCUT2D eigenvalue weighted by Gasteiger charge is -2.39. The third-order valence-corrected chi connectivity index (χ3v) is 6.24. The lowest BCUT2D eigenvalue weighted by Crippen LogP contribution is -2.50. The molecule has 0 saturated heterocycles. The normalized spacial score (nSPS) is 17.2. The van der Waals surface area contributed by atoms with Crippen molar-refractivity contribution in [3.63, 3.8) is 0 Å². The van der Waals surface area contributed by atoms with Crippen molar-refractivity contribution in [1.29, 1.82) is 0 Å². The van der Waals surface area contributed by atoms with Crippen LogP contribution in [0.25, 0.3) is 0 Å². The second-order valence-electron chi connectivity index (χ2n) is 8.94. The Kier molecular flexibility index (Phi) is 8.44. The SMILES string of the molecule is C[C@@](CC1CCCC1)(OC(N)=O)C(CCn1ccc(C(F)(F)F)n1)Nc1ccc(OC(F)F)cc1. The number of benzene rings is 1. The number of carbonyl (C=O) groups excluding carboxylic acids is 1. The van der Waals surface area contributed by atoms with Crippen LogP contribution in [0.5, 0.6) is 5.75 Å². The van der Waals surface area contributed by atoms with Gasteiger partial charge in [-0.25, -0.2) is 4.79 Å². The summed E-state index contributed by atoms with van der Waals surface area (Å²) < 4.78 is 74.9. The molecule has 1 heterocycles. The van der Waals surface area contributed by atoms with Crippen LogP contribution in [0.15, 0.2) is 36.5 Å². The van der Waals surface area contributed by atoms with Crippen LogP contribution in [0.3, 0.4) is 0 Å². The molecule has 1 aromatic carbocycles. The van der Waals surface area contributed by atoms with Crippen LogP contribution in [-0.4, -0.2) is 34.1 Å².